The van der Waals surface area contributed by atoms with Crippen molar-refractivity contribution in [2.24, 2.45) is 0 Å². The Labute approximate surface area is 198 Å². The minimum Gasteiger partial charge on any atom is -0.322 e. The maximum Gasteiger partial charge on any atom is 0.269 e. The predicted octanol–water partition coefficient (Wildman–Crippen LogP) is 5.21. The summed E-state index contributed by atoms with van der Waals surface area (Å²) < 4.78 is 14.2. The minimum absolute atomic E-state index is 0.0532. The quantitative estimate of drug-likeness (QED) is 0.305. The molecule has 0 radical (unpaired) electrons. The Balaban J connectivity index is 1.44. The number of nitrogens with zero attached hydrogens (tertiary/aromatic N) is 3. The summed E-state index contributed by atoms with van der Waals surface area (Å²) in [6.07, 6.45) is 0.842. The van der Waals surface area contributed by atoms with Gasteiger partial charge in [-0.3, -0.25) is 14.9 Å². The number of halogens is 1. The molecule has 3 aromatic carbocycles. The highest BCUT2D eigenvalue weighted by atomic mass is 19.1. The second-order valence-electron chi connectivity index (χ2n) is 9.81. The molecule has 7 heteroatoms. The number of carbonyl (C=O) groups excluding carboxylic acids is 1. The average Bonchev–Trinajstić information content (AvgIpc) is 3.11. The Bertz CT molecular complexity index is 1260. The number of quaternary nitrogens is 1. The Hall–Kier alpha value is -3.58. The van der Waals surface area contributed by atoms with Crippen molar-refractivity contribution < 1.29 is 18.6 Å². The number of aryl methyl sites for hydroxylation is 1. The SMILES string of the molecule is Cc1ccc2c(c1)C1C[N+](C)(Cc3ccc([N+](=O)[O-])cc3)CCC1N2C(=O)c1ccc(F)cc1. The van der Waals surface area contributed by atoms with Gasteiger partial charge in [-0.15, -0.1) is 0 Å². The van der Waals surface area contributed by atoms with Gasteiger partial charge < -0.3 is 9.38 Å². The number of fused-ring (bicyclic) bond motifs is 3. The average molecular weight is 461 g/mol. The maximum atomic E-state index is 13.5. The van der Waals surface area contributed by atoms with Gasteiger partial charge in [0.2, 0.25) is 0 Å². The highest BCUT2D eigenvalue weighted by Gasteiger charge is 2.49. The van der Waals surface area contributed by atoms with Crippen LogP contribution in [0.2, 0.25) is 0 Å². The predicted molar refractivity (Wildman–Crippen MR) is 128 cm³/mol. The monoisotopic (exact) mass is 460 g/mol. The van der Waals surface area contributed by atoms with Crippen LogP contribution in [0, 0.1) is 22.9 Å². The minimum atomic E-state index is -0.379. The van der Waals surface area contributed by atoms with E-state index in [1.54, 1.807) is 24.3 Å². The Morgan fingerprint density at radius 1 is 1.12 bits per heavy atom. The molecule has 0 aliphatic carbocycles. The number of anilines is 1. The van der Waals surface area contributed by atoms with Crippen molar-refractivity contribution in [3.63, 3.8) is 0 Å². The molecular formula is C27H27FN3O3+. The Morgan fingerprint density at radius 3 is 2.50 bits per heavy atom. The van der Waals surface area contributed by atoms with E-state index in [4.69, 9.17) is 0 Å². The van der Waals surface area contributed by atoms with Crippen LogP contribution in [-0.2, 0) is 6.54 Å². The van der Waals surface area contributed by atoms with E-state index in [1.165, 1.54) is 17.7 Å². The summed E-state index contributed by atoms with van der Waals surface area (Å²) in [5.74, 6) is -0.260. The van der Waals surface area contributed by atoms with Gasteiger partial charge in [0.1, 0.15) is 12.4 Å². The molecule has 3 aromatic rings. The molecule has 34 heavy (non-hydrogen) atoms. The van der Waals surface area contributed by atoms with Crippen LogP contribution < -0.4 is 4.90 Å². The number of non-ortho nitro benzene ring substituents is 1. The lowest BCUT2D eigenvalue weighted by Gasteiger charge is -2.44. The number of likely N-dealkylation sites (N-methyl/N-ethyl adjacent to an activating group) is 1. The van der Waals surface area contributed by atoms with Gasteiger partial charge in [-0.05, 0) is 55.0 Å². The number of hydrogen-bond acceptors (Lipinski definition) is 3. The van der Waals surface area contributed by atoms with Crippen LogP contribution >= 0.6 is 0 Å². The molecule has 0 aromatic heterocycles. The van der Waals surface area contributed by atoms with Crippen molar-refractivity contribution in [2.75, 3.05) is 25.0 Å². The largest absolute Gasteiger partial charge is 0.322 e. The van der Waals surface area contributed by atoms with Crippen molar-refractivity contribution in [1.82, 2.24) is 0 Å². The first-order valence-electron chi connectivity index (χ1n) is 11.5. The zero-order valence-corrected chi connectivity index (χ0v) is 19.3. The first kappa shape index (κ1) is 22.2. The van der Waals surface area contributed by atoms with E-state index in [1.807, 2.05) is 29.2 Å². The summed E-state index contributed by atoms with van der Waals surface area (Å²) in [4.78, 5) is 26.1. The number of likely N-dealkylation sites (tertiary alicyclic amines) is 1. The first-order chi connectivity index (χ1) is 16.2. The molecule has 6 nitrogen and oxygen atoms in total. The Morgan fingerprint density at radius 2 is 1.82 bits per heavy atom. The van der Waals surface area contributed by atoms with Crippen LogP contribution in [0.25, 0.3) is 0 Å². The highest BCUT2D eigenvalue weighted by Crippen LogP contribution is 2.47. The van der Waals surface area contributed by atoms with Gasteiger partial charge in [-0.2, -0.15) is 0 Å². The Kier molecular flexibility index (Phi) is 5.44. The van der Waals surface area contributed by atoms with Gasteiger partial charge in [0.05, 0.1) is 37.0 Å². The number of nitro groups is 1. The molecule has 3 unspecified atom stereocenters. The van der Waals surface area contributed by atoms with Crippen LogP contribution in [0.4, 0.5) is 15.8 Å². The number of carbonyl (C=O) groups is 1. The lowest BCUT2D eigenvalue weighted by molar-refractivity contribution is -0.928. The smallest absolute Gasteiger partial charge is 0.269 e. The zero-order chi connectivity index (χ0) is 24.0. The molecule has 2 heterocycles. The number of piperidine rings is 1. The van der Waals surface area contributed by atoms with E-state index in [9.17, 15) is 19.3 Å². The summed E-state index contributed by atoms with van der Waals surface area (Å²) >= 11 is 0. The number of benzene rings is 3. The summed E-state index contributed by atoms with van der Waals surface area (Å²) in [5, 5.41) is 11.0. The maximum absolute atomic E-state index is 13.5. The fraction of sp³-hybridized carbons (Fsp3) is 0.296. The molecule has 174 valence electrons. The normalized spacial score (nSPS) is 23.3. The fourth-order valence-corrected chi connectivity index (χ4v) is 5.62. The zero-order valence-electron chi connectivity index (χ0n) is 19.3. The summed E-state index contributed by atoms with van der Waals surface area (Å²) in [6, 6.07) is 18.9. The van der Waals surface area contributed by atoms with Crippen molar-refractivity contribution in [3.05, 3.63) is 105 Å². The van der Waals surface area contributed by atoms with Gasteiger partial charge in [-0.1, -0.05) is 17.7 Å². The van der Waals surface area contributed by atoms with Gasteiger partial charge in [0, 0.05) is 35.4 Å². The van der Waals surface area contributed by atoms with Gasteiger partial charge in [-0.25, -0.2) is 4.39 Å². The van der Waals surface area contributed by atoms with Crippen molar-refractivity contribution in [3.8, 4) is 0 Å². The number of nitro benzene ring substituents is 1. The third kappa shape index (κ3) is 3.96. The van der Waals surface area contributed by atoms with Gasteiger partial charge in [0.25, 0.3) is 11.6 Å². The van der Waals surface area contributed by atoms with Crippen LogP contribution in [0.1, 0.15) is 39.4 Å². The van der Waals surface area contributed by atoms with E-state index in [2.05, 4.69) is 20.0 Å². The number of rotatable bonds is 4. The second kappa shape index (κ2) is 8.33. The van der Waals surface area contributed by atoms with E-state index >= 15 is 0 Å². The molecular weight excluding hydrogens is 433 g/mol. The lowest BCUT2D eigenvalue weighted by atomic mass is 9.87. The van der Waals surface area contributed by atoms with Crippen molar-refractivity contribution >= 4 is 17.3 Å². The lowest BCUT2D eigenvalue weighted by Crippen LogP contribution is -2.56. The van der Waals surface area contributed by atoms with Crippen molar-refractivity contribution in [1.29, 1.82) is 0 Å². The van der Waals surface area contributed by atoms with Crippen LogP contribution in [0.3, 0.4) is 0 Å². The molecule has 0 spiro atoms. The third-order valence-corrected chi connectivity index (χ3v) is 7.26. The topological polar surface area (TPSA) is 63.5 Å². The number of hydrogen-bond donors (Lipinski definition) is 0. The molecule has 0 saturated carbocycles. The molecule has 3 atom stereocenters. The molecule has 0 bridgehead atoms. The van der Waals surface area contributed by atoms with Gasteiger partial charge >= 0.3 is 0 Å². The van der Waals surface area contributed by atoms with Crippen molar-refractivity contribution in [2.45, 2.75) is 31.8 Å². The third-order valence-electron chi connectivity index (χ3n) is 7.26. The van der Waals surface area contributed by atoms with E-state index in [0.717, 1.165) is 47.4 Å². The number of amides is 1. The standard InChI is InChI=1S/C27H27FN3O3/c1-18-3-12-25-23(15-18)24-17-31(2,16-19-4-10-22(11-5-19)30(33)34)14-13-26(24)29(25)27(32)20-6-8-21(28)9-7-20/h3-12,15,24,26H,13-14,16-17H2,1-2H3/q+1. The molecule has 1 amide bonds. The molecule has 1 saturated heterocycles. The summed E-state index contributed by atoms with van der Waals surface area (Å²) in [7, 11) is 2.22. The molecule has 2 aliphatic rings. The molecule has 1 fully saturated rings. The molecule has 0 N–H and O–H groups in total. The summed E-state index contributed by atoms with van der Waals surface area (Å²) in [6.45, 7) is 4.59. The van der Waals surface area contributed by atoms with E-state index in [0.29, 0.717) is 5.56 Å². The fourth-order valence-electron chi connectivity index (χ4n) is 5.62. The second-order valence-corrected chi connectivity index (χ2v) is 9.81. The van der Waals surface area contributed by atoms with E-state index < -0.39 is 0 Å². The first-order valence-corrected chi connectivity index (χ1v) is 11.5. The molecule has 5 rings (SSSR count). The highest BCUT2D eigenvalue weighted by molar-refractivity contribution is 6.08. The van der Waals surface area contributed by atoms with Crippen LogP contribution in [0.5, 0.6) is 0 Å². The van der Waals surface area contributed by atoms with Crippen LogP contribution in [0.15, 0.2) is 66.7 Å². The summed E-state index contributed by atoms with van der Waals surface area (Å²) in [5.41, 5.74) is 4.94. The van der Waals surface area contributed by atoms with E-state index in [-0.39, 0.29) is 34.3 Å². The molecule has 2 aliphatic heterocycles. The van der Waals surface area contributed by atoms with Crippen LogP contribution in [-0.4, -0.2) is 41.5 Å². The van der Waals surface area contributed by atoms with Gasteiger partial charge in [0.15, 0.2) is 0 Å².